The SMILES string of the molecule is CCC[C@H](NC(=O)c1cc(CC)c(C)s1)C(=O)O. The molecule has 0 aliphatic heterocycles. The second-order valence-corrected chi connectivity index (χ2v) is 5.45. The Bertz CT molecular complexity index is 439. The van der Waals surface area contributed by atoms with Gasteiger partial charge in [0, 0.05) is 4.88 Å². The van der Waals surface area contributed by atoms with Crippen molar-refractivity contribution in [2.45, 2.75) is 46.1 Å². The average Bonchev–Trinajstić information content (AvgIpc) is 2.69. The molecule has 1 heterocycles. The first-order valence-electron chi connectivity index (χ1n) is 6.12. The van der Waals surface area contributed by atoms with Crippen LogP contribution in [0, 0.1) is 6.92 Å². The molecule has 0 radical (unpaired) electrons. The number of amides is 1. The minimum Gasteiger partial charge on any atom is -0.480 e. The molecule has 1 aromatic heterocycles. The van der Waals surface area contributed by atoms with Gasteiger partial charge in [-0.3, -0.25) is 4.79 Å². The van der Waals surface area contributed by atoms with Crippen molar-refractivity contribution >= 4 is 23.2 Å². The smallest absolute Gasteiger partial charge is 0.326 e. The van der Waals surface area contributed by atoms with Crippen LogP contribution in [0.15, 0.2) is 6.07 Å². The highest BCUT2D eigenvalue weighted by atomic mass is 32.1. The standard InChI is InChI=1S/C13H19NO3S/c1-4-6-10(13(16)17)14-12(15)11-7-9(5-2)8(3)18-11/h7,10H,4-6H2,1-3H3,(H,14,15)(H,16,17)/t10-/m0/s1. The molecule has 0 aromatic carbocycles. The van der Waals surface area contributed by atoms with Crippen LogP contribution in [0.25, 0.3) is 0 Å². The van der Waals surface area contributed by atoms with Crippen LogP contribution in [0.2, 0.25) is 0 Å². The average molecular weight is 269 g/mol. The van der Waals surface area contributed by atoms with Gasteiger partial charge in [0.2, 0.25) is 0 Å². The van der Waals surface area contributed by atoms with Crippen molar-refractivity contribution in [3.05, 3.63) is 21.4 Å². The maximum absolute atomic E-state index is 12.0. The van der Waals surface area contributed by atoms with Gasteiger partial charge in [0.25, 0.3) is 5.91 Å². The first kappa shape index (κ1) is 14.7. The summed E-state index contributed by atoms with van der Waals surface area (Å²) < 4.78 is 0. The zero-order valence-corrected chi connectivity index (χ0v) is 11.8. The number of hydrogen-bond donors (Lipinski definition) is 2. The summed E-state index contributed by atoms with van der Waals surface area (Å²) in [7, 11) is 0. The van der Waals surface area contributed by atoms with Crippen molar-refractivity contribution < 1.29 is 14.7 Å². The molecule has 1 amide bonds. The lowest BCUT2D eigenvalue weighted by Gasteiger charge is -2.12. The highest BCUT2D eigenvalue weighted by Crippen LogP contribution is 2.22. The number of carbonyl (C=O) groups is 2. The van der Waals surface area contributed by atoms with E-state index in [0.29, 0.717) is 11.3 Å². The van der Waals surface area contributed by atoms with Crippen LogP contribution in [-0.2, 0) is 11.2 Å². The number of nitrogens with one attached hydrogen (secondary N) is 1. The van der Waals surface area contributed by atoms with E-state index in [4.69, 9.17) is 5.11 Å². The van der Waals surface area contributed by atoms with Crippen molar-refractivity contribution in [3.8, 4) is 0 Å². The number of aliphatic carboxylic acids is 1. The second-order valence-electron chi connectivity index (χ2n) is 4.20. The van der Waals surface area contributed by atoms with E-state index < -0.39 is 12.0 Å². The number of carboxylic acids is 1. The Labute approximate surface area is 111 Å². The van der Waals surface area contributed by atoms with Gasteiger partial charge in [-0.1, -0.05) is 20.3 Å². The van der Waals surface area contributed by atoms with Gasteiger partial charge in [0.15, 0.2) is 0 Å². The number of thiophene rings is 1. The fraction of sp³-hybridized carbons (Fsp3) is 0.538. The monoisotopic (exact) mass is 269 g/mol. The molecular weight excluding hydrogens is 250 g/mol. The highest BCUT2D eigenvalue weighted by molar-refractivity contribution is 7.14. The summed E-state index contributed by atoms with van der Waals surface area (Å²) in [6, 6.07) is 1.05. The van der Waals surface area contributed by atoms with E-state index in [-0.39, 0.29) is 5.91 Å². The third-order valence-electron chi connectivity index (χ3n) is 2.81. The zero-order valence-electron chi connectivity index (χ0n) is 10.9. The van der Waals surface area contributed by atoms with E-state index in [1.807, 2.05) is 26.8 Å². The Balaban J connectivity index is 2.77. The molecule has 1 atom stereocenters. The molecule has 0 saturated carbocycles. The lowest BCUT2D eigenvalue weighted by atomic mass is 10.1. The summed E-state index contributed by atoms with van der Waals surface area (Å²) in [5.74, 6) is -1.27. The fourth-order valence-electron chi connectivity index (χ4n) is 1.76. The molecule has 0 unspecified atom stereocenters. The van der Waals surface area contributed by atoms with Crippen LogP contribution in [-0.4, -0.2) is 23.0 Å². The molecule has 4 nitrogen and oxygen atoms in total. The molecule has 1 aromatic rings. The lowest BCUT2D eigenvalue weighted by molar-refractivity contribution is -0.139. The van der Waals surface area contributed by atoms with Crippen LogP contribution >= 0.6 is 11.3 Å². The van der Waals surface area contributed by atoms with Gasteiger partial charge in [0.05, 0.1) is 4.88 Å². The predicted octanol–water partition coefficient (Wildman–Crippen LogP) is 2.60. The number of carbonyl (C=O) groups excluding carboxylic acids is 1. The highest BCUT2D eigenvalue weighted by Gasteiger charge is 2.20. The summed E-state index contributed by atoms with van der Waals surface area (Å²) in [6.07, 6.45) is 2.06. The minimum atomic E-state index is -0.978. The van der Waals surface area contributed by atoms with Crippen LogP contribution in [0.1, 0.15) is 46.8 Å². The topological polar surface area (TPSA) is 66.4 Å². The quantitative estimate of drug-likeness (QED) is 0.834. The molecule has 0 aliphatic carbocycles. The number of aryl methyl sites for hydroxylation is 2. The van der Waals surface area contributed by atoms with Crippen molar-refractivity contribution in [2.75, 3.05) is 0 Å². The largest absolute Gasteiger partial charge is 0.480 e. The fourth-order valence-corrected chi connectivity index (χ4v) is 2.78. The van der Waals surface area contributed by atoms with Crippen molar-refractivity contribution in [2.24, 2.45) is 0 Å². The van der Waals surface area contributed by atoms with E-state index in [0.717, 1.165) is 23.3 Å². The normalized spacial score (nSPS) is 12.2. The van der Waals surface area contributed by atoms with E-state index in [2.05, 4.69) is 5.32 Å². The number of rotatable bonds is 6. The Morgan fingerprint density at radius 1 is 1.44 bits per heavy atom. The van der Waals surface area contributed by atoms with E-state index in [9.17, 15) is 9.59 Å². The molecule has 100 valence electrons. The first-order chi connectivity index (χ1) is 8.49. The summed E-state index contributed by atoms with van der Waals surface area (Å²) in [4.78, 5) is 24.6. The molecule has 0 aliphatic rings. The van der Waals surface area contributed by atoms with Crippen molar-refractivity contribution in [1.82, 2.24) is 5.32 Å². The third kappa shape index (κ3) is 3.57. The first-order valence-corrected chi connectivity index (χ1v) is 6.94. The van der Waals surface area contributed by atoms with Crippen molar-refractivity contribution in [1.29, 1.82) is 0 Å². The predicted molar refractivity (Wildman–Crippen MR) is 72.2 cm³/mol. The second kappa shape index (κ2) is 6.54. The molecule has 0 bridgehead atoms. The molecular formula is C13H19NO3S. The molecule has 1 rings (SSSR count). The van der Waals surface area contributed by atoms with E-state index in [1.165, 1.54) is 11.3 Å². The van der Waals surface area contributed by atoms with Gasteiger partial charge >= 0.3 is 5.97 Å². The van der Waals surface area contributed by atoms with E-state index in [1.54, 1.807) is 0 Å². The van der Waals surface area contributed by atoms with Gasteiger partial charge in [-0.05, 0) is 31.4 Å². The maximum Gasteiger partial charge on any atom is 0.326 e. The van der Waals surface area contributed by atoms with Crippen LogP contribution in [0.5, 0.6) is 0 Å². The maximum atomic E-state index is 12.0. The van der Waals surface area contributed by atoms with Crippen LogP contribution in [0.4, 0.5) is 0 Å². The Kier molecular flexibility index (Phi) is 5.34. The Morgan fingerprint density at radius 3 is 2.56 bits per heavy atom. The van der Waals surface area contributed by atoms with E-state index >= 15 is 0 Å². The molecule has 2 N–H and O–H groups in total. The number of carboxylic acid groups (broad SMARTS) is 1. The molecule has 0 saturated heterocycles. The lowest BCUT2D eigenvalue weighted by Crippen LogP contribution is -2.40. The molecule has 0 fully saturated rings. The van der Waals surface area contributed by atoms with Crippen LogP contribution < -0.4 is 5.32 Å². The third-order valence-corrected chi connectivity index (χ3v) is 3.90. The number of hydrogen-bond acceptors (Lipinski definition) is 3. The summed E-state index contributed by atoms with van der Waals surface area (Å²) in [6.45, 7) is 5.90. The van der Waals surface area contributed by atoms with Crippen LogP contribution in [0.3, 0.4) is 0 Å². The zero-order chi connectivity index (χ0) is 13.7. The molecule has 18 heavy (non-hydrogen) atoms. The molecule has 0 spiro atoms. The van der Waals surface area contributed by atoms with Gasteiger partial charge in [0.1, 0.15) is 6.04 Å². The van der Waals surface area contributed by atoms with Gasteiger partial charge < -0.3 is 10.4 Å². The van der Waals surface area contributed by atoms with Crippen molar-refractivity contribution in [3.63, 3.8) is 0 Å². The summed E-state index contributed by atoms with van der Waals surface area (Å²) >= 11 is 1.41. The van der Waals surface area contributed by atoms with Gasteiger partial charge in [-0.25, -0.2) is 4.79 Å². The van der Waals surface area contributed by atoms with Gasteiger partial charge in [-0.2, -0.15) is 0 Å². The minimum absolute atomic E-state index is 0.288. The molecule has 5 heteroatoms. The van der Waals surface area contributed by atoms with Gasteiger partial charge in [-0.15, -0.1) is 11.3 Å². The summed E-state index contributed by atoms with van der Waals surface area (Å²) in [5, 5.41) is 11.6. The Hall–Kier alpha value is -1.36. The summed E-state index contributed by atoms with van der Waals surface area (Å²) in [5.41, 5.74) is 1.15. The Morgan fingerprint density at radius 2 is 2.11 bits per heavy atom.